The highest BCUT2D eigenvalue weighted by Gasteiger charge is 2.45. The van der Waals surface area contributed by atoms with Gasteiger partial charge in [-0.25, -0.2) is 0 Å². The smallest absolute Gasteiger partial charge is 0.220 e. The minimum absolute atomic E-state index is 0.00926. The summed E-state index contributed by atoms with van der Waals surface area (Å²) in [5, 5.41) is 3.02. The van der Waals surface area contributed by atoms with Crippen LogP contribution in [0, 0.1) is 0 Å². The van der Waals surface area contributed by atoms with Gasteiger partial charge >= 0.3 is 0 Å². The van der Waals surface area contributed by atoms with Crippen molar-refractivity contribution in [2.24, 2.45) is 5.73 Å². The molecule has 1 aliphatic heterocycles. The minimum atomic E-state index is 0.00926. The predicted octanol–water partition coefficient (Wildman–Crippen LogP) is 0.146. The van der Waals surface area contributed by atoms with Crippen molar-refractivity contribution < 1.29 is 4.79 Å². The van der Waals surface area contributed by atoms with E-state index >= 15 is 0 Å². The van der Waals surface area contributed by atoms with Crippen LogP contribution in [0.25, 0.3) is 0 Å². The van der Waals surface area contributed by atoms with Crippen LogP contribution in [0.15, 0.2) is 0 Å². The molecule has 1 heterocycles. The second-order valence-electron chi connectivity index (χ2n) is 3.70. The first-order valence-electron chi connectivity index (χ1n) is 4.30. The van der Waals surface area contributed by atoms with E-state index in [9.17, 15) is 4.79 Å². The molecule has 0 aromatic heterocycles. The van der Waals surface area contributed by atoms with Gasteiger partial charge in [0.2, 0.25) is 5.91 Å². The molecule has 1 saturated carbocycles. The maximum Gasteiger partial charge on any atom is 0.220 e. The van der Waals surface area contributed by atoms with Gasteiger partial charge in [-0.15, -0.1) is 0 Å². The van der Waals surface area contributed by atoms with Gasteiger partial charge in [0.05, 0.1) is 5.54 Å². The standard InChI is InChI=1S/C8H14N2O/c9-6-2-3-7(11)10-8(6)4-1-5-8/h6H,1-5,9H2,(H,10,11)/t6-/m1/s1. The van der Waals surface area contributed by atoms with Gasteiger partial charge in [-0.1, -0.05) is 0 Å². The van der Waals surface area contributed by atoms with Gasteiger partial charge in [0.25, 0.3) is 0 Å². The Bertz CT molecular complexity index is 187. The van der Waals surface area contributed by atoms with Crippen molar-refractivity contribution in [1.29, 1.82) is 0 Å². The number of nitrogens with two attached hydrogens (primary N) is 1. The lowest BCUT2D eigenvalue weighted by Crippen LogP contribution is -2.66. The maximum atomic E-state index is 11.1. The molecule has 1 atom stereocenters. The summed E-state index contributed by atoms with van der Waals surface area (Å²) in [7, 11) is 0. The zero-order chi connectivity index (χ0) is 7.90. The van der Waals surface area contributed by atoms with Crippen LogP contribution in [0.2, 0.25) is 0 Å². The van der Waals surface area contributed by atoms with Crippen LogP contribution < -0.4 is 11.1 Å². The third kappa shape index (κ3) is 0.948. The molecular formula is C8H14N2O. The Morgan fingerprint density at radius 3 is 2.73 bits per heavy atom. The van der Waals surface area contributed by atoms with Crippen molar-refractivity contribution in [2.45, 2.75) is 43.7 Å². The van der Waals surface area contributed by atoms with Crippen LogP contribution in [0.1, 0.15) is 32.1 Å². The molecule has 3 heteroatoms. The highest BCUT2D eigenvalue weighted by Crippen LogP contribution is 2.37. The monoisotopic (exact) mass is 154 g/mol. The first-order chi connectivity index (χ1) is 5.23. The van der Waals surface area contributed by atoms with Crippen LogP contribution in [-0.2, 0) is 4.79 Å². The summed E-state index contributed by atoms with van der Waals surface area (Å²) in [5.41, 5.74) is 5.93. The van der Waals surface area contributed by atoms with E-state index in [1.807, 2.05) is 0 Å². The highest BCUT2D eigenvalue weighted by atomic mass is 16.1. The lowest BCUT2D eigenvalue weighted by atomic mass is 9.68. The topological polar surface area (TPSA) is 55.1 Å². The molecule has 0 aromatic carbocycles. The first kappa shape index (κ1) is 7.10. The number of carbonyl (C=O) groups excluding carboxylic acids is 1. The largest absolute Gasteiger partial charge is 0.349 e. The van der Waals surface area contributed by atoms with E-state index in [0.29, 0.717) is 6.42 Å². The predicted molar refractivity (Wildman–Crippen MR) is 41.9 cm³/mol. The van der Waals surface area contributed by atoms with Crippen LogP contribution >= 0.6 is 0 Å². The van der Waals surface area contributed by atoms with Crippen LogP contribution in [0.3, 0.4) is 0 Å². The Balaban J connectivity index is 2.10. The normalized spacial score (nSPS) is 34.6. The fourth-order valence-electron chi connectivity index (χ4n) is 2.05. The molecule has 11 heavy (non-hydrogen) atoms. The molecule has 2 rings (SSSR count). The third-order valence-corrected chi connectivity index (χ3v) is 3.03. The van der Waals surface area contributed by atoms with Gasteiger partial charge in [0.15, 0.2) is 0 Å². The zero-order valence-corrected chi connectivity index (χ0v) is 6.60. The van der Waals surface area contributed by atoms with Crippen molar-refractivity contribution in [3.8, 4) is 0 Å². The maximum absolute atomic E-state index is 11.1. The lowest BCUT2D eigenvalue weighted by molar-refractivity contribution is -0.127. The minimum Gasteiger partial charge on any atom is -0.349 e. The molecule has 1 saturated heterocycles. The molecule has 2 aliphatic rings. The fourth-order valence-corrected chi connectivity index (χ4v) is 2.05. The average molecular weight is 154 g/mol. The van der Waals surface area contributed by atoms with E-state index in [1.165, 1.54) is 6.42 Å². The summed E-state index contributed by atoms with van der Waals surface area (Å²) < 4.78 is 0. The summed E-state index contributed by atoms with van der Waals surface area (Å²) in [4.78, 5) is 11.1. The number of nitrogens with one attached hydrogen (secondary N) is 1. The van der Waals surface area contributed by atoms with Crippen molar-refractivity contribution in [1.82, 2.24) is 5.32 Å². The molecule has 0 aromatic rings. The molecule has 1 spiro atoms. The SMILES string of the molecule is N[C@@H]1CCC(=O)NC12CCC2. The highest BCUT2D eigenvalue weighted by molar-refractivity contribution is 5.78. The van der Waals surface area contributed by atoms with Gasteiger partial charge in [0, 0.05) is 12.5 Å². The van der Waals surface area contributed by atoms with E-state index in [1.54, 1.807) is 0 Å². The average Bonchev–Trinajstić information content (AvgIpc) is 1.91. The number of piperidine rings is 1. The fraction of sp³-hybridized carbons (Fsp3) is 0.875. The number of rotatable bonds is 0. The Morgan fingerprint density at radius 1 is 1.55 bits per heavy atom. The Morgan fingerprint density at radius 2 is 2.27 bits per heavy atom. The number of hydrogen-bond donors (Lipinski definition) is 2. The van der Waals surface area contributed by atoms with Crippen molar-refractivity contribution >= 4 is 5.91 Å². The van der Waals surface area contributed by atoms with Gasteiger partial charge in [-0.05, 0) is 25.7 Å². The number of carbonyl (C=O) groups is 1. The van der Waals surface area contributed by atoms with E-state index < -0.39 is 0 Å². The van der Waals surface area contributed by atoms with Crippen molar-refractivity contribution in [2.75, 3.05) is 0 Å². The third-order valence-electron chi connectivity index (χ3n) is 3.03. The molecule has 3 N–H and O–H groups in total. The summed E-state index contributed by atoms with van der Waals surface area (Å²) in [6, 6.07) is 0.203. The van der Waals surface area contributed by atoms with Gasteiger partial charge in [-0.2, -0.15) is 0 Å². The first-order valence-corrected chi connectivity index (χ1v) is 4.30. The summed E-state index contributed by atoms with van der Waals surface area (Å²) in [5.74, 6) is 0.186. The molecule has 62 valence electrons. The van der Waals surface area contributed by atoms with E-state index in [4.69, 9.17) is 5.73 Å². The molecule has 0 unspecified atom stereocenters. The van der Waals surface area contributed by atoms with Gasteiger partial charge < -0.3 is 11.1 Å². The lowest BCUT2D eigenvalue weighted by Gasteiger charge is -2.49. The number of amides is 1. The second-order valence-corrected chi connectivity index (χ2v) is 3.70. The molecule has 1 aliphatic carbocycles. The van der Waals surface area contributed by atoms with Gasteiger partial charge in [-0.3, -0.25) is 4.79 Å². The molecular weight excluding hydrogens is 140 g/mol. The quantitative estimate of drug-likeness (QED) is 0.521. The van der Waals surface area contributed by atoms with Crippen LogP contribution in [0.4, 0.5) is 0 Å². The molecule has 2 fully saturated rings. The number of hydrogen-bond acceptors (Lipinski definition) is 2. The van der Waals surface area contributed by atoms with Gasteiger partial charge in [0.1, 0.15) is 0 Å². The second kappa shape index (κ2) is 2.21. The molecule has 3 nitrogen and oxygen atoms in total. The Labute approximate surface area is 66.3 Å². The van der Waals surface area contributed by atoms with Crippen LogP contribution in [0.5, 0.6) is 0 Å². The zero-order valence-electron chi connectivity index (χ0n) is 6.60. The Kier molecular flexibility index (Phi) is 1.42. The van der Waals surface area contributed by atoms with E-state index in [2.05, 4.69) is 5.32 Å². The molecule has 0 radical (unpaired) electrons. The summed E-state index contributed by atoms with van der Waals surface area (Å²) in [6.07, 6.45) is 4.86. The molecule has 0 bridgehead atoms. The summed E-state index contributed by atoms with van der Waals surface area (Å²) >= 11 is 0. The van der Waals surface area contributed by atoms with Crippen molar-refractivity contribution in [3.63, 3.8) is 0 Å². The van der Waals surface area contributed by atoms with Crippen molar-refractivity contribution in [3.05, 3.63) is 0 Å². The van der Waals surface area contributed by atoms with E-state index in [0.717, 1.165) is 19.3 Å². The van der Waals surface area contributed by atoms with Crippen LogP contribution in [-0.4, -0.2) is 17.5 Å². The molecule has 1 amide bonds. The Hall–Kier alpha value is -0.570. The summed E-state index contributed by atoms with van der Waals surface area (Å²) in [6.45, 7) is 0. The van der Waals surface area contributed by atoms with E-state index in [-0.39, 0.29) is 17.5 Å².